The van der Waals surface area contributed by atoms with Crippen LogP contribution in [0.3, 0.4) is 0 Å². The van der Waals surface area contributed by atoms with Crippen LogP contribution in [-0.2, 0) is 21.3 Å². The highest BCUT2D eigenvalue weighted by molar-refractivity contribution is 7.89. The normalized spacial score (nSPS) is 17.7. The summed E-state index contributed by atoms with van der Waals surface area (Å²) in [6.07, 6.45) is 1.73. The van der Waals surface area contributed by atoms with Crippen molar-refractivity contribution in [2.75, 3.05) is 26.3 Å². The summed E-state index contributed by atoms with van der Waals surface area (Å²) in [5.41, 5.74) is 1.34. The number of nitrogens with zero attached hydrogens (tertiary/aromatic N) is 2. The molecule has 0 aromatic heterocycles. The van der Waals surface area contributed by atoms with E-state index >= 15 is 0 Å². The lowest BCUT2D eigenvalue weighted by molar-refractivity contribution is 0.0724. The maximum Gasteiger partial charge on any atom is 0.254 e. The van der Waals surface area contributed by atoms with E-state index < -0.39 is 10.0 Å². The van der Waals surface area contributed by atoms with Gasteiger partial charge in [0.25, 0.3) is 5.91 Å². The Morgan fingerprint density at radius 3 is 2.53 bits per heavy atom. The second kappa shape index (κ2) is 8.45. The maximum absolute atomic E-state index is 14.1. The SMILES string of the molecule is Cc1ccc(C(=O)N(Cc2ccccc2F)C2CC2)cc1S(=O)(=O)N1CCOCC1. The second-order valence-corrected chi connectivity index (χ2v) is 9.66. The molecule has 1 amide bonds. The Morgan fingerprint density at radius 1 is 1.17 bits per heavy atom. The van der Waals surface area contributed by atoms with Crippen LogP contribution in [0.1, 0.15) is 34.3 Å². The van der Waals surface area contributed by atoms with Crippen LogP contribution in [0, 0.1) is 12.7 Å². The number of hydrogen-bond donors (Lipinski definition) is 0. The van der Waals surface area contributed by atoms with Crippen molar-refractivity contribution in [1.29, 1.82) is 0 Å². The first-order valence-corrected chi connectivity index (χ1v) is 11.5. The number of aryl methyl sites for hydroxylation is 1. The van der Waals surface area contributed by atoms with E-state index in [0.717, 1.165) is 12.8 Å². The smallest absolute Gasteiger partial charge is 0.254 e. The molecule has 6 nitrogen and oxygen atoms in total. The lowest BCUT2D eigenvalue weighted by atomic mass is 10.1. The van der Waals surface area contributed by atoms with Crippen LogP contribution in [0.25, 0.3) is 0 Å². The molecule has 2 aromatic rings. The Balaban J connectivity index is 1.63. The Morgan fingerprint density at radius 2 is 1.87 bits per heavy atom. The fraction of sp³-hybridized carbons (Fsp3) is 0.409. The molecule has 0 spiro atoms. The average Bonchev–Trinajstić information content (AvgIpc) is 3.59. The second-order valence-electron chi connectivity index (χ2n) is 7.75. The van der Waals surface area contributed by atoms with Crippen molar-refractivity contribution in [3.05, 3.63) is 65.0 Å². The summed E-state index contributed by atoms with van der Waals surface area (Å²) < 4.78 is 47.1. The van der Waals surface area contributed by atoms with E-state index in [4.69, 9.17) is 4.74 Å². The van der Waals surface area contributed by atoms with Crippen LogP contribution < -0.4 is 0 Å². The molecule has 0 atom stereocenters. The van der Waals surface area contributed by atoms with Crippen molar-refractivity contribution in [1.82, 2.24) is 9.21 Å². The Hall–Kier alpha value is -2.29. The quantitative estimate of drug-likeness (QED) is 0.704. The number of halogens is 1. The molecule has 2 fully saturated rings. The average molecular weight is 433 g/mol. The lowest BCUT2D eigenvalue weighted by Crippen LogP contribution is -2.41. The monoisotopic (exact) mass is 432 g/mol. The van der Waals surface area contributed by atoms with Gasteiger partial charge in [-0.2, -0.15) is 4.31 Å². The highest BCUT2D eigenvalue weighted by atomic mass is 32.2. The van der Waals surface area contributed by atoms with Crippen LogP contribution in [0.5, 0.6) is 0 Å². The van der Waals surface area contributed by atoms with Crippen molar-refractivity contribution >= 4 is 15.9 Å². The van der Waals surface area contributed by atoms with Crippen molar-refractivity contribution in [2.45, 2.75) is 37.2 Å². The van der Waals surface area contributed by atoms with E-state index in [2.05, 4.69) is 0 Å². The molecular formula is C22H25FN2O4S. The first kappa shape index (κ1) is 21.0. The molecule has 0 N–H and O–H groups in total. The number of benzene rings is 2. The van der Waals surface area contributed by atoms with Crippen molar-refractivity contribution < 1.29 is 22.3 Å². The minimum atomic E-state index is -3.72. The molecule has 2 aromatic carbocycles. The number of sulfonamides is 1. The molecule has 4 rings (SSSR count). The topological polar surface area (TPSA) is 66.9 Å². The van der Waals surface area contributed by atoms with Gasteiger partial charge >= 0.3 is 0 Å². The molecule has 0 unspecified atom stereocenters. The Labute approximate surface area is 176 Å². The number of morpholine rings is 1. The van der Waals surface area contributed by atoms with E-state index in [1.54, 1.807) is 42.2 Å². The zero-order valence-electron chi connectivity index (χ0n) is 16.9. The predicted molar refractivity (Wildman–Crippen MR) is 110 cm³/mol. The Bertz CT molecular complexity index is 1050. The fourth-order valence-corrected chi connectivity index (χ4v) is 5.32. The molecule has 1 saturated heterocycles. The zero-order chi connectivity index (χ0) is 21.3. The molecule has 2 aliphatic rings. The summed E-state index contributed by atoms with van der Waals surface area (Å²) >= 11 is 0. The minimum Gasteiger partial charge on any atom is -0.379 e. The summed E-state index contributed by atoms with van der Waals surface area (Å²) in [5.74, 6) is -0.630. The molecular weight excluding hydrogens is 407 g/mol. The van der Waals surface area contributed by atoms with Gasteiger partial charge in [-0.1, -0.05) is 24.3 Å². The van der Waals surface area contributed by atoms with Gasteiger partial charge in [-0.05, 0) is 43.5 Å². The number of ether oxygens (including phenoxy) is 1. The molecule has 1 aliphatic carbocycles. The van der Waals surface area contributed by atoms with Gasteiger partial charge in [0, 0.05) is 36.8 Å². The van der Waals surface area contributed by atoms with Gasteiger partial charge in [-0.25, -0.2) is 12.8 Å². The maximum atomic E-state index is 14.1. The van der Waals surface area contributed by atoms with Crippen molar-refractivity contribution in [3.8, 4) is 0 Å². The lowest BCUT2D eigenvalue weighted by Gasteiger charge is -2.27. The van der Waals surface area contributed by atoms with Gasteiger partial charge in [0.2, 0.25) is 10.0 Å². The van der Waals surface area contributed by atoms with Gasteiger partial charge in [0.05, 0.1) is 18.1 Å². The van der Waals surface area contributed by atoms with Gasteiger partial charge in [0.15, 0.2) is 0 Å². The highest BCUT2D eigenvalue weighted by Gasteiger charge is 2.35. The molecule has 8 heteroatoms. The molecule has 30 heavy (non-hydrogen) atoms. The third kappa shape index (κ3) is 4.26. The number of carbonyl (C=O) groups excluding carboxylic acids is 1. The van der Waals surface area contributed by atoms with E-state index in [0.29, 0.717) is 43.0 Å². The van der Waals surface area contributed by atoms with Crippen LogP contribution in [0.15, 0.2) is 47.4 Å². The van der Waals surface area contributed by atoms with Gasteiger partial charge in [0.1, 0.15) is 5.82 Å². The summed E-state index contributed by atoms with van der Waals surface area (Å²) in [6, 6.07) is 11.2. The van der Waals surface area contributed by atoms with E-state index in [9.17, 15) is 17.6 Å². The third-order valence-corrected chi connectivity index (χ3v) is 7.61. The largest absolute Gasteiger partial charge is 0.379 e. The number of carbonyl (C=O) groups is 1. The van der Waals surface area contributed by atoms with Gasteiger partial charge < -0.3 is 9.64 Å². The minimum absolute atomic E-state index is 0.0534. The highest BCUT2D eigenvalue weighted by Crippen LogP contribution is 2.31. The van der Waals surface area contributed by atoms with E-state index in [1.807, 2.05) is 0 Å². The number of hydrogen-bond acceptors (Lipinski definition) is 4. The molecule has 1 heterocycles. The van der Waals surface area contributed by atoms with Crippen LogP contribution in [0.2, 0.25) is 0 Å². The van der Waals surface area contributed by atoms with E-state index in [1.165, 1.54) is 16.4 Å². The standard InChI is InChI=1S/C22H25FN2O4S/c1-16-6-7-17(14-21(16)30(27,28)24-10-12-29-13-11-24)22(26)25(19-8-9-19)15-18-4-2-3-5-20(18)23/h2-7,14,19H,8-13,15H2,1H3. The summed E-state index contributed by atoms with van der Waals surface area (Å²) in [7, 11) is -3.72. The molecule has 0 radical (unpaired) electrons. The molecule has 1 saturated carbocycles. The van der Waals surface area contributed by atoms with Crippen molar-refractivity contribution in [2.24, 2.45) is 0 Å². The van der Waals surface area contributed by atoms with E-state index in [-0.39, 0.29) is 29.2 Å². The summed E-state index contributed by atoms with van der Waals surface area (Å²) in [6.45, 7) is 3.18. The summed E-state index contributed by atoms with van der Waals surface area (Å²) in [5, 5.41) is 0. The van der Waals surface area contributed by atoms with Gasteiger partial charge in [-0.3, -0.25) is 4.79 Å². The fourth-order valence-electron chi connectivity index (χ4n) is 3.67. The van der Waals surface area contributed by atoms with Crippen LogP contribution >= 0.6 is 0 Å². The first-order chi connectivity index (χ1) is 14.4. The Kier molecular flexibility index (Phi) is 5.90. The number of amides is 1. The third-order valence-electron chi connectivity index (χ3n) is 5.57. The first-order valence-electron chi connectivity index (χ1n) is 10.1. The number of rotatable bonds is 6. The summed E-state index contributed by atoms with van der Waals surface area (Å²) in [4.78, 5) is 15.1. The van der Waals surface area contributed by atoms with Crippen LogP contribution in [-0.4, -0.2) is 55.9 Å². The van der Waals surface area contributed by atoms with Crippen LogP contribution in [0.4, 0.5) is 4.39 Å². The van der Waals surface area contributed by atoms with Crippen molar-refractivity contribution in [3.63, 3.8) is 0 Å². The van der Waals surface area contributed by atoms with Gasteiger partial charge in [-0.15, -0.1) is 0 Å². The zero-order valence-corrected chi connectivity index (χ0v) is 17.7. The molecule has 0 bridgehead atoms. The molecule has 1 aliphatic heterocycles. The molecule has 160 valence electrons. The predicted octanol–water partition coefficient (Wildman–Crippen LogP) is 2.96.